The van der Waals surface area contributed by atoms with Gasteiger partial charge in [0, 0.05) is 24.2 Å². The van der Waals surface area contributed by atoms with Crippen LogP contribution in [0.2, 0.25) is 0 Å². The normalized spacial score (nSPS) is 11.1. The fraction of sp³-hybridized carbons (Fsp3) is 0.333. The third kappa shape index (κ3) is 4.35. The average Bonchev–Trinajstić information content (AvgIpc) is 2.86. The zero-order chi connectivity index (χ0) is 14.5. The van der Waals surface area contributed by atoms with Crippen molar-refractivity contribution in [2.45, 2.75) is 33.0 Å². The van der Waals surface area contributed by atoms with Crippen LogP contribution in [-0.2, 0) is 13.2 Å². The quantitative estimate of drug-likeness (QED) is 0.852. The Morgan fingerprint density at radius 3 is 2.85 bits per heavy atom. The summed E-state index contributed by atoms with van der Waals surface area (Å²) in [4.78, 5) is 0. The molecule has 0 saturated heterocycles. The summed E-state index contributed by atoms with van der Waals surface area (Å²) < 4.78 is 24.6. The van der Waals surface area contributed by atoms with Gasteiger partial charge in [-0.05, 0) is 34.1 Å². The zero-order valence-corrected chi connectivity index (χ0v) is 13.0. The van der Waals surface area contributed by atoms with Crippen LogP contribution in [0.25, 0.3) is 0 Å². The summed E-state index contributed by atoms with van der Waals surface area (Å²) in [6, 6.07) is 7.02. The number of ether oxygens (including phenoxy) is 1. The van der Waals surface area contributed by atoms with E-state index in [2.05, 4.69) is 35.1 Å². The van der Waals surface area contributed by atoms with Crippen molar-refractivity contribution in [1.82, 2.24) is 5.32 Å². The molecule has 0 bridgehead atoms. The van der Waals surface area contributed by atoms with Gasteiger partial charge in [0.05, 0.1) is 10.7 Å². The maximum atomic E-state index is 13.3. The summed E-state index contributed by atoms with van der Waals surface area (Å²) in [5.41, 5.74) is 1.07. The summed E-state index contributed by atoms with van der Waals surface area (Å²) in [6.07, 6.45) is 1.70. The maximum absolute atomic E-state index is 13.3. The first-order chi connectivity index (χ1) is 9.54. The largest absolute Gasteiger partial charge is 0.486 e. The van der Waals surface area contributed by atoms with Crippen LogP contribution in [0.1, 0.15) is 25.2 Å². The molecule has 1 N–H and O–H groups in total. The lowest BCUT2D eigenvalue weighted by atomic mass is 10.3. The van der Waals surface area contributed by atoms with Crippen LogP contribution < -0.4 is 10.1 Å². The molecule has 0 amide bonds. The lowest BCUT2D eigenvalue weighted by Crippen LogP contribution is -2.21. The molecule has 0 atom stereocenters. The minimum Gasteiger partial charge on any atom is -0.486 e. The van der Waals surface area contributed by atoms with Crippen molar-refractivity contribution in [2.75, 3.05) is 0 Å². The van der Waals surface area contributed by atoms with Gasteiger partial charge in [0.25, 0.3) is 0 Å². The van der Waals surface area contributed by atoms with Gasteiger partial charge in [-0.15, -0.1) is 0 Å². The Labute approximate surface area is 126 Å². The van der Waals surface area contributed by atoms with Gasteiger partial charge < -0.3 is 14.5 Å². The van der Waals surface area contributed by atoms with Gasteiger partial charge in [0.2, 0.25) is 0 Å². The number of hydrogen-bond donors (Lipinski definition) is 1. The number of furan rings is 1. The average molecular weight is 342 g/mol. The Kier molecular flexibility index (Phi) is 5.20. The molecule has 0 spiro atoms. The molecule has 20 heavy (non-hydrogen) atoms. The predicted octanol–water partition coefficient (Wildman–Crippen LogP) is 4.26. The van der Waals surface area contributed by atoms with Gasteiger partial charge in [-0.2, -0.15) is 0 Å². The Morgan fingerprint density at radius 2 is 2.15 bits per heavy atom. The van der Waals surface area contributed by atoms with Gasteiger partial charge in [-0.25, -0.2) is 4.39 Å². The topological polar surface area (TPSA) is 34.4 Å². The van der Waals surface area contributed by atoms with Crippen LogP contribution in [0.4, 0.5) is 4.39 Å². The lowest BCUT2D eigenvalue weighted by molar-refractivity contribution is 0.269. The molecule has 108 valence electrons. The highest BCUT2D eigenvalue weighted by Gasteiger charge is 2.05. The van der Waals surface area contributed by atoms with E-state index in [-0.39, 0.29) is 12.4 Å². The molecule has 3 nitrogen and oxygen atoms in total. The molecular weight excluding hydrogens is 325 g/mol. The summed E-state index contributed by atoms with van der Waals surface area (Å²) in [5, 5.41) is 3.31. The van der Waals surface area contributed by atoms with Crippen LogP contribution >= 0.6 is 15.9 Å². The van der Waals surface area contributed by atoms with E-state index in [0.29, 0.717) is 22.0 Å². The van der Waals surface area contributed by atoms with Crippen molar-refractivity contribution in [2.24, 2.45) is 0 Å². The molecule has 0 saturated carbocycles. The fourth-order valence-electron chi connectivity index (χ4n) is 1.64. The minimum absolute atomic E-state index is 0.281. The Bertz CT molecular complexity index is 569. The van der Waals surface area contributed by atoms with Crippen LogP contribution in [-0.4, -0.2) is 6.04 Å². The van der Waals surface area contributed by atoms with Crippen molar-refractivity contribution >= 4 is 15.9 Å². The Morgan fingerprint density at radius 1 is 1.35 bits per heavy atom. The number of halogens is 2. The Balaban J connectivity index is 1.89. The number of benzene rings is 1. The van der Waals surface area contributed by atoms with Crippen LogP contribution in [0.15, 0.2) is 39.4 Å². The molecule has 0 aliphatic heterocycles. The second kappa shape index (κ2) is 6.90. The molecule has 1 heterocycles. The van der Waals surface area contributed by atoms with Crippen LogP contribution in [0, 0.1) is 5.82 Å². The second-order valence-corrected chi connectivity index (χ2v) is 5.68. The summed E-state index contributed by atoms with van der Waals surface area (Å²) in [6.45, 7) is 5.22. The summed E-state index contributed by atoms with van der Waals surface area (Å²) in [7, 11) is 0. The maximum Gasteiger partial charge on any atom is 0.146 e. The molecule has 5 heteroatoms. The van der Waals surface area contributed by atoms with Crippen LogP contribution in [0.5, 0.6) is 5.75 Å². The lowest BCUT2D eigenvalue weighted by Gasteiger charge is -2.05. The SMILES string of the molecule is CC(C)NCc1coc(COc2ccc(Br)c(F)c2)c1. The summed E-state index contributed by atoms with van der Waals surface area (Å²) >= 11 is 3.10. The van der Waals surface area contributed by atoms with Crippen molar-refractivity contribution < 1.29 is 13.5 Å². The van der Waals surface area contributed by atoms with E-state index in [1.165, 1.54) is 6.07 Å². The number of nitrogens with one attached hydrogen (secondary N) is 1. The highest BCUT2D eigenvalue weighted by molar-refractivity contribution is 9.10. The van der Waals surface area contributed by atoms with E-state index < -0.39 is 0 Å². The van der Waals surface area contributed by atoms with E-state index in [4.69, 9.17) is 9.15 Å². The fourth-order valence-corrected chi connectivity index (χ4v) is 1.88. The first-order valence-corrected chi connectivity index (χ1v) is 7.21. The smallest absolute Gasteiger partial charge is 0.146 e. The molecule has 0 unspecified atom stereocenters. The van der Waals surface area contributed by atoms with Crippen molar-refractivity contribution in [3.8, 4) is 5.75 Å². The first-order valence-electron chi connectivity index (χ1n) is 6.42. The molecule has 2 rings (SSSR count). The third-order valence-corrected chi connectivity index (χ3v) is 3.34. The van der Waals surface area contributed by atoms with Crippen molar-refractivity contribution in [1.29, 1.82) is 0 Å². The molecule has 2 aromatic rings. The molecular formula is C15H17BrFNO2. The highest BCUT2D eigenvalue weighted by Crippen LogP contribution is 2.22. The molecule has 1 aromatic heterocycles. The third-order valence-electron chi connectivity index (χ3n) is 2.69. The van der Waals surface area contributed by atoms with Crippen LogP contribution in [0.3, 0.4) is 0 Å². The highest BCUT2D eigenvalue weighted by atomic mass is 79.9. The number of hydrogen-bond acceptors (Lipinski definition) is 3. The van der Waals surface area contributed by atoms with E-state index in [1.54, 1.807) is 18.4 Å². The van der Waals surface area contributed by atoms with E-state index in [1.807, 2.05) is 6.07 Å². The summed E-state index contributed by atoms with van der Waals surface area (Å²) in [5.74, 6) is 0.849. The molecule has 0 aliphatic carbocycles. The van der Waals surface area contributed by atoms with E-state index >= 15 is 0 Å². The van der Waals surface area contributed by atoms with Gasteiger partial charge in [-0.3, -0.25) is 0 Å². The predicted molar refractivity (Wildman–Crippen MR) is 79.1 cm³/mol. The van der Waals surface area contributed by atoms with Gasteiger partial charge >= 0.3 is 0 Å². The molecule has 0 radical (unpaired) electrons. The second-order valence-electron chi connectivity index (χ2n) is 4.82. The van der Waals surface area contributed by atoms with Crippen molar-refractivity contribution in [3.05, 3.63) is 52.1 Å². The minimum atomic E-state index is -0.344. The standard InChI is InChI=1S/C15H17BrFNO2/c1-10(2)18-7-11-5-13(19-8-11)9-20-12-3-4-14(16)15(17)6-12/h3-6,8,10,18H,7,9H2,1-2H3. The number of rotatable bonds is 6. The Hall–Kier alpha value is -1.33. The van der Waals surface area contributed by atoms with Crippen molar-refractivity contribution in [3.63, 3.8) is 0 Å². The van der Waals surface area contributed by atoms with E-state index in [9.17, 15) is 4.39 Å². The van der Waals surface area contributed by atoms with Gasteiger partial charge in [0.15, 0.2) is 0 Å². The first kappa shape index (κ1) is 15.1. The van der Waals surface area contributed by atoms with E-state index in [0.717, 1.165) is 12.1 Å². The van der Waals surface area contributed by atoms with Gasteiger partial charge in [0.1, 0.15) is 23.9 Å². The monoisotopic (exact) mass is 341 g/mol. The molecule has 1 aromatic carbocycles. The van der Waals surface area contributed by atoms with Gasteiger partial charge in [-0.1, -0.05) is 13.8 Å². The molecule has 0 fully saturated rings. The zero-order valence-electron chi connectivity index (χ0n) is 11.5. The molecule has 0 aliphatic rings.